The summed E-state index contributed by atoms with van der Waals surface area (Å²) in [6.07, 6.45) is 0. The summed E-state index contributed by atoms with van der Waals surface area (Å²) in [6.45, 7) is 0. The standard InChI is InChI=1S/C48H31NO/c1-2-15-36-31-47-43(30-35(36)14-1)48-42(22-11-25-46(48)50-47)41-20-7-8-23-45(41)49(44-24-10-17-33-13-4-6-19-40(33)44)37-28-26-34(27-29-37)39-21-9-16-32-12-3-5-18-38(32)39/h1-31H/i4D,6D,10D,13D,17D,19D,24D. The predicted molar refractivity (Wildman–Crippen MR) is 212 cm³/mol. The SMILES string of the molecule is [2H]c1c([2H])c([2H])c2c(N(c3ccc(-c4cccc5ccccc45)cc3)c3ccccc3-c3cccc4oc5cc6ccccc6cc5c34)c([2H])c([2H])c([2H])c2c1[2H]. The maximum Gasteiger partial charge on any atom is 0.136 e. The molecule has 0 aliphatic rings. The molecule has 1 aromatic heterocycles. The summed E-state index contributed by atoms with van der Waals surface area (Å²) in [5.74, 6) is 0. The van der Waals surface area contributed by atoms with Crippen LogP contribution in [-0.2, 0) is 0 Å². The third kappa shape index (κ3) is 4.57. The van der Waals surface area contributed by atoms with Gasteiger partial charge in [0.2, 0.25) is 0 Å². The zero-order valence-corrected chi connectivity index (χ0v) is 26.7. The quantitative estimate of drug-likeness (QED) is 0.185. The second-order valence-electron chi connectivity index (χ2n) is 12.4. The lowest BCUT2D eigenvalue weighted by Gasteiger charge is -2.29. The largest absolute Gasteiger partial charge is 0.456 e. The molecule has 0 fully saturated rings. The van der Waals surface area contributed by atoms with E-state index in [1.807, 2.05) is 103 Å². The number of rotatable bonds is 5. The fourth-order valence-corrected chi connectivity index (χ4v) is 7.26. The number of benzene rings is 9. The molecule has 10 aromatic rings. The van der Waals surface area contributed by atoms with Crippen molar-refractivity contribution in [3.63, 3.8) is 0 Å². The molecule has 1 heterocycles. The molecule has 2 nitrogen and oxygen atoms in total. The Bertz CT molecular complexity index is 3270. The van der Waals surface area contributed by atoms with E-state index in [2.05, 4.69) is 42.5 Å². The summed E-state index contributed by atoms with van der Waals surface area (Å²) in [5.41, 5.74) is 6.37. The number of para-hydroxylation sites is 1. The van der Waals surface area contributed by atoms with Crippen molar-refractivity contribution in [2.75, 3.05) is 4.90 Å². The van der Waals surface area contributed by atoms with Crippen LogP contribution in [0.25, 0.3) is 76.5 Å². The Labute approximate surface area is 299 Å². The van der Waals surface area contributed by atoms with Crippen molar-refractivity contribution in [1.29, 1.82) is 0 Å². The van der Waals surface area contributed by atoms with Crippen LogP contribution in [0.4, 0.5) is 17.1 Å². The normalized spacial score (nSPS) is 13.6. The number of furan rings is 1. The number of anilines is 3. The summed E-state index contributed by atoms with van der Waals surface area (Å²) >= 11 is 0. The summed E-state index contributed by atoms with van der Waals surface area (Å²) in [7, 11) is 0. The minimum Gasteiger partial charge on any atom is -0.456 e. The van der Waals surface area contributed by atoms with Gasteiger partial charge in [-0.15, -0.1) is 0 Å². The molecule has 0 bridgehead atoms. The summed E-state index contributed by atoms with van der Waals surface area (Å²) in [6, 6.07) is 45.3. The first-order chi connectivity index (χ1) is 27.7. The lowest BCUT2D eigenvalue weighted by molar-refractivity contribution is 0.669. The van der Waals surface area contributed by atoms with Crippen molar-refractivity contribution in [3.05, 3.63) is 188 Å². The Kier molecular flexibility index (Phi) is 5.08. The Morgan fingerprint density at radius 2 is 1.10 bits per heavy atom. The van der Waals surface area contributed by atoms with Crippen LogP contribution in [-0.4, -0.2) is 0 Å². The van der Waals surface area contributed by atoms with E-state index in [0.29, 0.717) is 17.0 Å². The lowest BCUT2D eigenvalue weighted by Crippen LogP contribution is -2.11. The monoisotopic (exact) mass is 644 g/mol. The van der Waals surface area contributed by atoms with Crippen molar-refractivity contribution in [2.45, 2.75) is 0 Å². The second-order valence-corrected chi connectivity index (χ2v) is 12.4. The zero-order valence-electron chi connectivity index (χ0n) is 33.7. The lowest BCUT2D eigenvalue weighted by atomic mass is 9.95. The molecule has 0 spiro atoms. The summed E-state index contributed by atoms with van der Waals surface area (Å²) in [5, 5.41) is 6.07. The highest BCUT2D eigenvalue weighted by atomic mass is 16.3. The molecule has 0 unspecified atom stereocenters. The number of hydrogen-bond acceptors (Lipinski definition) is 2. The van der Waals surface area contributed by atoms with Gasteiger partial charge in [-0.25, -0.2) is 0 Å². The molecular formula is C48H31NO. The minimum absolute atomic E-state index is 0.00151. The Balaban J connectivity index is 1.28. The van der Waals surface area contributed by atoms with E-state index < -0.39 is 30.2 Å². The third-order valence-corrected chi connectivity index (χ3v) is 9.54. The van der Waals surface area contributed by atoms with Crippen LogP contribution in [0.3, 0.4) is 0 Å². The molecule has 0 aliphatic heterocycles. The zero-order chi connectivity index (χ0) is 39.1. The average molecular weight is 645 g/mol. The van der Waals surface area contributed by atoms with E-state index in [4.69, 9.17) is 11.3 Å². The first-order valence-corrected chi connectivity index (χ1v) is 16.5. The van der Waals surface area contributed by atoms with Crippen LogP contribution in [0.1, 0.15) is 9.60 Å². The van der Waals surface area contributed by atoms with Gasteiger partial charge in [0.25, 0.3) is 0 Å². The number of fused-ring (bicyclic) bond motifs is 6. The smallest absolute Gasteiger partial charge is 0.136 e. The van der Waals surface area contributed by atoms with Gasteiger partial charge in [-0.3, -0.25) is 0 Å². The van der Waals surface area contributed by atoms with Gasteiger partial charge < -0.3 is 9.32 Å². The molecule has 0 saturated carbocycles. The first-order valence-electron chi connectivity index (χ1n) is 20.0. The molecule has 50 heavy (non-hydrogen) atoms. The van der Waals surface area contributed by atoms with E-state index in [9.17, 15) is 2.74 Å². The predicted octanol–water partition coefficient (Wildman–Crippen LogP) is 13.8. The Morgan fingerprint density at radius 1 is 0.420 bits per heavy atom. The van der Waals surface area contributed by atoms with Gasteiger partial charge in [-0.2, -0.15) is 0 Å². The molecule has 2 heteroatoms. The molecule has 0 radical (unpaired) electrons. The van der Waals surface area contributed by atoms with E-state index in [-0.39, 0.29) is 28.5 Å². The van der Waals surface area contributed by atoms with Crippen LogP contribution < -0.4 is 4.90 Å². The summed E-state index contributed by atoms with van der Waals surface area (Å²) < 4.78 is 69.0. The van der Waals surface area contributed by atoms with Gasteiger partial charge in [-0.1, -0.05) is 145 Å². The first kappa shape index (κ1) is 22.1. The molecule has 9 aromatic carbocycles. The average Bonchev–Trinajstić information content (AvgIpc) is 3.61. The van der Waals surface area contributed by atoms with Gasteiger partial charge in [0, 0.05) is 27.4 Å². The van der Waals surface area contributed by atoms with Crippen LogP contribution in [0, 0.1) is 0 Å². The van der Waals surface area contributed by atoms with Gasteiger partial charge >= 0.3 is 0 Å². The molecule has 234 valence electrons. The topological polar surface area (TPSA) is 16.4 Å². The fourth-order valence-electron chi connectivity index (χ4n) is 7.26. The van der Waals surface area contributed by atoms with E-state index in [1.165, 1.54) is 0 Å². The van der Waals surface area contributed by atoms with E-state index in [1.54, 1.807) is 4.90 Å². The molecule has 0 N–H and O–H groups in total. The van der Waals surface area contributed by atoms with Gasteiger partial charge in [0.15, 0.2) is 0 Å². The molecule has 10 rings (SSSR count). The van der Waals surface area contributed by atoms with E-state index >= 15 is 0 Å². The minimum atomic E-state index is -0.499. The molecular weight excluding hydrogens is 607 g/mol. The van der Waals surface area contributed by atoms with Crippen LogP contribution >= 0.6 is 0 Å². The Morgan fingerprint density at radius 3 is 2.00 bits per heavy atom. The highest BCUT2D eigenvalue weighted by Crippen LogP contribution is 2.47. The highest BCUT2D eigenvalue weighted by molar-refractivity contribution is 6.17. The number of nitrogens with zero attached hydrogens (tertiary/aromatic N) is 1. The third-order valence-electron chi connectivity index (χ3n) is 9.54. The van der Waals surface area contributed by atoms with Crippen molar-refractivity contribution in [1.82, 2.24) is 0 Å². The molecule has 0 saturated heterocycles. The maximum absolute atomic E-state index is 9.45. The Hall–Kier alpha value is -6.64. The summed E-state index contributed by atoms with van der Waals surface area (Å²) in [4.78, 5) is 1.81. The van der Waals surface area contributed by atoms with Gasteiger partial charge in [0.1, 0.15) is 11.2 Å². The number of hydrogen-bond donors (Lipinski definition) is 0. The van der Waals surface area contributed by atoms with Gasteiger partial charge in [-0.05, 0) is 86.1 Å². The van der Waals surface area contributed by atoms with Crippen LogP contribution in [0.2, 0.25) is 0 Å². The van der Waals surface area contributed by atoms with Crippen molar-refractivity contribution in [2.24, 2.45) is 0 Å². The van der Waals surface area contributed by atoms with Crippen molar-refractivity contribution >= 4 is 71.3 Å². The van der Waals surface area contributed by atoms with Crippen molar-refractivity contribution < 1.29 is 14.0 Å². The molecule has 0 atom stereocenters. The second kappa shape index (κ2) is 11.5. The van der Waals surface area contributed by atoms with Crippen LogP contribution in [0.5, 0.6) is 0 Å². The molecule has 0 amide bonds. The van der Waals surface area contributed by atoms with E-state index in [0.717, 1.165) is 60.2 Å². The van der Waals surface area contributed by atoms with Gasteiger partial charge in [0.05, 0.1) is 21.0 Å². The fraction of sp³-hybridized carbons (Fsp3) is 0. The molecule has 0 aliphatic carbocycles. The van der Waals surface area contributed by atoms with Crippen LogP contribution in [0.15, 0.2) is 192 Å². The van der Waals surface area contributed by atoms with Crippen molar-refractivity contribution in [3.8, 4) is 22.3 Å². The maximum atomic E-state index is 9.45. The highest BCUT2D eigenvalue weighted by Gasteiger charge is 2.22.